The van der Waals surface area contributed by atoms with E-state index in [-0.39, 0.29) is 11.9 Å². The lowest BCUT2D eigenvalue weighted by Crippen LogP contribution is -2.36. The molecule has 1 aliphatic heterocycles. The van der Waals surface area contributed by atoms with E-state index >= 15 is 0 Å². The van der Waals surface area contributed by atoms with Gasteiger partial charge in [-0.15, -0.1) is 0 Å². The molecule has 1 unspecified atom stereocenters. The van der Waals surface area contributed by atoms with Crippen molar-refractivity contribution in [3.05, 3.63) is 23.8 Å². The van der Waals surface area contributed by atoms with E-state index in [4.69, 9.17) is 15.2 Å². The standard InChI is InChI=1S/C16H24N2O3/c1-20-14-9-3-8-13(15(14)21-2)16(19)18-11-5-7-12(18)6-4-10-17/h3,8-9,12H,4-7,10-11,17H2,1-2H3. The van der Waals surface area contributed by atoms with E-state index in [0.717, 1.165) is 32.2 Å². The zero-order chi connectivity index (χ0) is 15.2. The Morgan fingerprint density at radius 2 is 2.19 bits per heavy atom. The van der Waals surface area contributed by atoms with Crippen molar-refractivity contribution >= 4 is 5.91 Å². The van der Waals surface area contributed by atoms with Gasteiger partial charge in [0.1, 0.15) is 0 Å². The molecule has 116 valence electrons. The number of carbonyl (C=O) groups excluding carboxylic acids is 1. The Morgan fingerprint density at radius 3 is 2.86 bits per heavy atom. The van der Waals surface area contributed by atoms with Crippen molar-refractivity contribution < 1.29 is 14.3 Å². The summed E-state index contributed by atoms with van der Waals surface area (Å²) in [7, 11) is 3.14. The summed E-state index contributed by atoms with van der Waals surface area (Å²) in [6.45, 7) is 1.47. The summed E-state index contributed by atoms with van der Waals surface area (Å²) in [6.07, 6.45) is 4.02. The maximum absolute atomic E-state index is 12.8. The first kappa shape index (κ1) is 15.6. The van der Waals surface area contributed by atoms with Gasteiger partial charge in [0.15, 0.2) is 11.5 Å². The second-order valence-corrected chi connectivity index (χ2v) is 5.27. The van der Waals surface area contributed by atoms with Crippen LogP contribution < -0.4 is 15.2 Å². The molecule has 1 heterocycles. The van der Waals surface area contributed by atoms with Gasteiger partial charge >= 0.3 is 0 Å². The van der Waals surface area contributed by atoms with Crippen molar-refractivity contribution in [2.24, 2.45) is 5.73 Å². The molecule has 21 heavy (non-hydrogen) atoms. The van der Waals surface area contributed by atoms with E-state index in [9.17, 15) is 4.79 Å². The first-order valence-corrected chi connectivity index (χ1v) is 7.45. The first-order chi connectivity index (χ1) is 10.2. The third-order valence-corrected chi connectivity index (χ3v) is 4.01. The van der Waals surface area contributed by atoms with Gasteiger partial charge in [-0.05, 0) is 44.4 Å². The Hall–Kier alpha value is -1.75. The van der Waals surface area contributed by atoms with E-state index in [1.54, 1.807) is 26.4 Å². The Balaban J connectivity index is 2.23. The van der Waals surface area contributed by atoms with Gasteiger partial charge in [0.05, 0.1) is 19.8 Å². The fraction of sp³-hybridized carbons (Fsp3) is 0.562. The molecule has 1 aromatic carbocycles. The summed E-state index contributed by atoms with van der Waals surface area (Å²) in [5, 5.41) is 0. The predicted molar refractivity (Wildman–Crippen MR) is 81.9 cm³/mol. The highest BCUT2D eigenvalue weighted by Crippen LogP contribution is 2.33. The number of carbonyl (C=O) groups is 1. The maximum atomic E-state index is 12.8. The van der Waals surface area contributed by atoms with Crippen molar-refractivity contribution in [1.29, 1.82) is 0 Å². The zero-order valence-corrected chi connectivity index (χ0v) is 12.8. The van der Waals surface area contributed by atoms with Crippen LogP contribution in [0.1, 0.15) is 36.0 Å². The van der Waals surface area contributed by atoms with Crippen LogP contribution in [0, 0.1) is 0 Å². The van der Waals surface area contributed by atoms with Crippen LogP contribution in [-0.2, 0) is 0 Å². The highest BCUT2D eigenvalue weighted by atomic mass is 16.5. The molecule has 5 nitrogen and oxygen atoms in total. The van der Waals surface area contributed by atoms with Gasteiger partial charge in [-0.3, -0.25) is 4.79 Å². The molecule has 1 aliphatic rings. The predicted octanol–water partition coefficient (Wildman–Crippen LogP) is 2.05. The number of para-hydroxylation sites is 1. The summed E-state index contributed by atoms with van der Waals surface area (Å²) in [6, 6.07) is 5.70. The average Bonchev–Trinajstić information content (AvgIpc) is 2.99. The van der Waals surface area contributed by atoms with Gasteiger partial charge in [0.2, 0.25) is 0 Å². The Morgan fingerprint density at radius 1 is 1.38 bits per heavy atom. The van der Waals surface area contributed by atoms with Crippen molar-refractivity contribution in [3.63, 3.8) is 0 Å². The number of benzene rings is 1. The quantitative estimate of drug-likeness (QED) is 0.871. The minimum absolute atomic E-state index is 0.0188. The number of nitrogens with zero attached hydrogens (tertiary/aromatic N) is 1. The lowest BCUT2D eigenvalue weighted by molar-refractivity contribution is 0.0725. The highest BCUT2D eigenvalue weighted by molar-refractivity contribution is 5.98. The van der Waals surface area contributed by atoms with Gasteiger partial charge in [-0.1, -0.05) is 6.07 Å². The molecular formula is C16H24N2O3. The van der Waals surface area contributed by atoms with E-state index in [1.165, 1.54) is 0 Å². The molecule has 1 atom stereocenters. The molecule has 2 rings (SSSR count). The minimum Gasteiger partial charge on any atom is -0.493 e. The summed E-state index contributed by atoms with van der Waals surface area (Å²) in [5.41, 5.74) is 6.15. The summed E-state index contributed by atoms with van der Waals surface area (Å²) in [5.74, 6) is 1.11. The summed E-state index contributed by atoms with van der Waals surface area (Å²) >= 11 is 0. The molecular weight excluding hydrogens is 268 g/mol. The maximum Gasteiger partial charge on any atom is 0.258 e. The molecule has 0 aliphatic carbocycles. The van der Waals surface area contributed by atoms with Crippen LogP contribution >= 0.6 is 0 Å². The van der Waals surface area contributed by atoms with Crippen molar-refractivity contribution in [2.75, 3.05) is 27.3 Å². The molecule has 1 amide bonds. The van der Waals surface area contributed by atoms with Crippen LogP contribution in [0.4, 0.5) is 0 Å². The smallest absolute Gasteiger partial charge is 0.258 e. The molecule has 0 radical (unpaired) electrons. The summed E-state index contributed by atoms with van der Waals surface area (Å²) < 4.78 is 10.6. The second kappa shape index (κ2) is 7.31. The third kappa shape index (κ3) is 3.29. The van der Waals surface area contributed by atoms with Crippen LogP contribution in [0.2, 0.25) is 0 Å². The number of hydrogen-bond donors (Lipinski definition) is 1. The fourth-order valence-electron chi connectivity index (χ4n) is 2.97. The molecule has 1 aromatic rings. The van der Waals surface area contributed by atoms with Gasteiger partial charge in [-0.25, -0.2) is 0 Å². The van der Waals surface area contributed by atoms with Crippen LogP contribution in [0.5, 0.6) is 11.5 Å². The zero-order valence-electron chi connectivity index (χ0n) is 12.8. The number of nitrogens with two attached hydrogens (primary N) is 1. The molecule has 0 saturated carbocycles. The average molecular weight is 292 g/mol. The van der Waals surface area contributed by atoms with Crippen molar-refractivity contribution in [1.82, 2.24) is 4.90 Å². The monoisotopic (exact) mass is 292 g/mol. The van der Waals surface area contributed by atoms with Gasteiger partial charge in [0.25, 0.3) is 5.91 Å². The van der Waals surface area contributed by atoms with E-state index < -0.39 is 0 Å². The number of methoxy groups -OCH3 is 2. The summed E-state index contributed by atoms with van der Waals surface area (Å²) in [4.78, 5) is 14.8. The van der Waals surface area contributed by atoms with E-state index in [2.05, 4.69) is 0 Å². The number of amides is 1. The Bertz CT molecular complexity index is 490. The fourth-order valence-corrected chi connectivity index (χ4v) is 2.97. The highest BCUT2D eigenvalue weighted by Gasteiger charge is 2.31. The SMILES string of the molecule is COc1cccc(C(=O)N2CCCC2CCCN)c1OC. The Kier molecular flexibility index (Phi) is 5.44. The Labute approximate surface area is 126 Å². The van der Waals surface area contributed by atoms with Crippen LogP contribution in [0.15, 0.2) is 18.2 Å². The lowest BCUT2D eigenvalue weighted by Gasteiger charge is -2.25. The van der Waals surface area contributed by atoms with Crippen molar-refractivity contribution in [3.8, 4) is 11.5 Å². The lowest BCUT2D eigenvalue weighted by atomic mass is 10.1. The molecule has 1 saturated heterocycles. The molecule has 0 aromatic heterocycles. The van der Waals surface area contributed by atoms with Crippen LogP contribution in [0.25, 0.3) is 0 Å². The molecule has 5 heteroatoms. The van der Waals surface area contributed by atoms with Crippen LogP contribution in [0.3, 0.4) is 0 Å². The number of likely N-dealkylation sites (tertiary alicyclic amines) is 1. The van der Waals surface area contributed by atoms with E-state index in [1.807, 2.05) is 11.0 Å². The van der Waals surface area contributed by atoms with Gasteiger partial charge in [0, 0.05) is 12.6 Å². The molecule has 2 N–H and O–H groups in total. The largest absolute Gasteiger partial charge is 0.493 e. The number of hydrogen-bond acceptors (Lipinski definition) is 4. The topological polar surface area (TPSA) is 64.8 Å². The molecule has 0 spiro atoms. The third-order valence-electron chi connectivity index (χ3n) is 4.01. The second-order valence-electron chi connectivity index (χ2n) is 5.27. The van der Waals surface area contributed by atoms with Crippen LogP contribution in [-0.4, -0.2) is 44.2 Å². The minimum atomic E-state index is 0.0188. The van der Waals surface area contributed by atoms with Gasteiger partial charge in [-0.2, -0.15) is 0 Å². The number of ether oxygens (including phenoxy) is 2. The number of rotatable bonds is 6. The molecule has 0 bridgehead atoms. The first-order valence-electron chi connectivity index (χ1n) is 7.45. The van der Waals surface area contributed by atoms with E-state index in [0.29, 0.717) is 23.6 Å². The van der Waals surface area contributed by atoms with Crippen molar-refractivity contribution in [2.45, 2.75) is 31.7 Å². The molecule has 1 fully saturated rings. The normalized spacial score (nSPS) is 17.9. The van der Waals surface area contributed by atoms with Gasteiger partial charge < -0.3 is 20.1 Å².